The van der Waals surface area contributed by atoms with Crippen molar-refractivity contribution in [3.63, 3.8) is 0 Å². The van der Waals surface area contributed by atoms with Gasteiger partial charge in [-0.3, -0.25) is 9.59 Å². The zero-order valence-corrected chi connectivity index (χ0v) is 15.8. The summed E-state index contributed by atoms with van der Waals surface area (Å²) in [6, 6.07) is 11.9. The van der Waals surface area contributed by atoms with Crippen LogP contribution >= 0.6 is 0 Å². The number of nitrogens with zero attached hydrogens (tertiary/aromatic N) is 2. The van der Waals surface area contributed by atoms with Crippen molar-refractivity contribution in [2.45, 2.75) is 12.3 Å². The smallest absolute Gasteiger partial charge is 0.256 e. The Morgan fingerprint density at radius 3 is 2.45 bits per heavy atom. The van der Waals surface area contributed by atoms with Gasteiger partial charge < -0.3 is 19.3 Å². The quantitative estimate of drug-likeness (QED) is 0.800. The van der Waals surface area contributed by atoms with E-state index in [0.717, 1.165) is 23.5 Å². The molecule has 1 aliphatic carbocycles. The van der Waals surface area contributed by atoms with Gasteiger partial charge in [0.1, 0.15) is 5.82 Å². The van der Waals surface area contributed by atoms with E-state index in [1.807, 2.05) is 23.1 Å². The molecule has 0 aromatic heterocycles. The van der Waals surface area contributed by atoms with Gasteiger partial charge in [0.15, 0.2) is 11.5 Å². The summed E-state index contributed by atoms with van der Waals surface area (Å²) in [5.41, 5.74) is 1.18. The van der Waals surface area contributed by atoms with Crippen molar-refractivity contribution < 1.29 is 23.5 Å². The number of amides is 2. The van der Waals surface area contributed by atoms with Gasteiger partial charge in [0.25, 0.3) is 5.91 Å². The van der Waals surface area contributed by atoms with E-state index in [1.54, 1.807) is 17.0 Å². The Balaban J connectivity index is 1.18. The number of carbonyl (C=O) groups excluding carboxylic acids is 2. The van der Waals surface area contributed by atoms with E-state index in [1.165, 1.54) is 12.1 Å². The van der Waals surface area contributed by atoms with Gasteiger partial charge in [0.2, 0.25) is 12.7 Å². The van der Waals surface area contributed by atoms with Gasteiger partial charge in [-0.15, -0.1) is 0 Å². The highest BCUT2D eigenvalue weighted by atomic mass is 19.1. The average molecular weight is 396 g/mol. The number of piperazine rings is 1. The summed E-state index contributed by atoms with van der Waals surface area (Å²) >= 11 is 0. The van der Waals surface area contributed by atoms with E-state index in [4.69, 9.17) is 9.47 Å². The Hall–Kier alpha value is -3.09. The number of rotatable bonds is 3. The minimum absolute atomic E-state index is 0.0239. The van der Waals surface area contributed by atoms with E-state index in [0.29, 0.717) is 26.2 Å². The molecule has 5 rings (SSSR count). The van der Waals surface area contributed by atoms with Crippen LogP contribution in [-0.4, -0.2) is 54.6 Å². The normalized spacial score (nSPS) is 22.5. The van der Waals surface area contributed by atoms with E-state index < -0.39 is 5.82 Å². The number of ether oxygens (including phenoxy) is 2. The highest BCUT2D eigenvalue weighted by molar-refractivity contribution is 5.94. The molecule has 6 nitrogen and oxygen atoms in total. The number of fused-ring (bicyclic) bond motifs is 1. The molecule has 1 saturated carbocycles. The summed E-state index contributed by atoms with van der Waals surface area (Å²) < 4.78 is 24.6. The molecule has 3 aliphatic rings. The van der Waals surface area contributed by atoms with Gasteiger partial charge in [0.05, 0.1) is 5.56 Å². The maximum absolute atomic E-state index is 13.9. The molecule has 150 valence electrons. The first kappa shape index (κ1) is 18.0. The fourth-order valence-electron chi connectivity index (χ4n) is 4.15. The molecule has 2 amide bonds. The Morgan fingerprint density at radius 2 is 1.66 bits per heavy atom. The van der Waals surface area contributed by atoms with Crippen molar-refractivity contribution >= 4 is 11.8 Å². The second-order valence-electron chi connectivity index (χ2n) is 7.66. The third-order valence-corrected chi connectivity index (χ3v) is 5.92. The largest absolute Gasteiger partial charge is 0.454 e. The summed E-state index contributed by atoms with van der Waals surface area (Å²) in [6.07, 6.45) is 0.826. The van der Waals surface area contributed by atoms with Crippen molar-refractivity contribution in [3.05, 3.63) is 59.4 Å². The lowest BCUT2D eigenvalue weighted by Crippen LogP contribution is -2.51. The minimum Gasteiger partial charge on any atom is -0.454 e. The van der Waals surface area contributed by atoms with Gasteiger partial charge in [-0.2, -0.15) is 0 Å². The molecule has 2 aliphatic heterocycles. The summed E-state index contributed by atoms with van der Waals surface area (Å²) in [5, 5.41) is 0. The molecule has 2 aromatic carbocycles. The zero-order valence-electron chi connectivity index (χ0n) is 15.8. The predicted molar refractivity (Wildman–Crippen MR) is 102 cm³/mol. The second-order valence-corrected chi connectivity index (χ2v) is 7.66. The van der Waals surface area contributed by atoms with Crippen LogP contribution in [0.25, 0.3) is 0 Å². The average Bonchev–Trinajstić information content (AvgIpc) is 3.42. The van der Waals surface area contributed by atoms with Crippen LogP contribution < -0.4 is 9.47 Å². The zero-order chi connectivity index (χ0) is 20.0. The van der Waals surface area contributed by atoms with Crippen molar-refractivity contribution in [1.29, 1.82) is 0 Å². The molecule has 0 radical (unpaired) electrons. The van der Waals surface area contributed by atoms with Crippen molar-refractivity contribution in [2.75, 3.05) is 33.0 Å². The standard InChI is InChI=1S/C22H21FN2O4/c23-18-4-2-1-3-15(18)21(26)24-7-9-25(10-8-24)22(27)17-12-16(17)14-5-6-19-20(11-14)29-13-28-19/h1-6,11,16-17H,7-10,12-13H2. The number of hydrogen-bond donors (Lipinski definition) is 0. The van der Waals surface area contributed by atoms with Gasteiger partial charge >= 0.3 is 0 Å². The molecule has 2 unspecified atom stereocenters. The molecule has 2 atom stereocenters. The monoisotopic (exact) mass is 396 g/mol. The Kier molecular flexibility index (Phi) is 4.38. The molecule has 2 fully saturated rings. The molecule has 0 spiro atoms. The van der Waals surface area contributed by atoms with Crippen LogP contribution in [0.1, 0.15) is 28.3 Å². The van der Waals surface area contributed by atoms with Crippen LogP contribution in [0.4, 0.5) is 4.39 Å². The fraction of sp³-hybridized carbons (Fsp3) is 0.364. The molecule has 0 N–H and O–H groups in total. The second kappa shape index (κ2) is 7.06. The first-order chi connectivity index (χ1) is 14.1. The number of hydrogen-bond acceptors (Lipinski definition) is 4. The lowest BCUT2D eigenvalue weighted by atomic mass is 10.1. The van der Waals surface area contributed by atoms with Gasteiger partial charge in [-0.1, -0.05) is 18.2 Å². The Bertz CT molecular complexity index is 971. The summed E-state index contributed by atoms with van der Waals surface area (Å²) in [5.74, 6) is 0.958. The van der Waals surface area contributed by atoms with Crippen LogP contribution in [0, 0.1) is 11.7 Å². The number of carbonyl (C=O) groups is 2. The number of halogens is 1. The van der Waals surface area contributed by atoms with E-state index in [9.17, 15) is 14.0 Å². The topological polar surface area (TPSA) is 59.1 Å². The summed E-state index contributed by atoms with van der Waals surface area (Å²) in [4.78, 5) is 28.9. The maximum Gasteiger partial charge on any atom is 0.256 e. The van der Waals surface area contributed by atoms with Gasteiger partial charge in [-0.05, 0) is 42.2 Å². The van der Waals surface area contributed by atoms with Gasteiger partial charge in [-0.25, -0.2) is 4.39 Å². The predicted octanol–water partition coefficient (Wildman–Crippen LogP) is 2.64. The first-order valence-corrected chi connectivity index (χ1v) is 9.84. The third kappa shape index (κ3) is 3.30. The van der Waals surface area contributed by atoms with Crippen molar-refractivity contribution in [2.24, 2.45) is 5.92 Å². The lowest BCUT2D eigenvalue weighted by Gasteiger charge is -2.35. The first-order valence-electron chi connectivity index (χ1n) is 9.84. The highest BCUT2D eigenvalue weighted by Crippen LogP contribution is 2.50. The molecule has 1 saturated heterocycles. The molecular weight excluding hydrogens is 375 g/mol. The van der Waals surface area contributed by atoms with Crippen LogP contribution in [0.15, 0.2) is 42.5 Å². The van der Waals surface area contributed by atoms with E-state index in [-0.39, 0.29) is 36.0 Å². The maximum atomic E-state index is 13.9. The van der Waals surface area contributed by atoms with Crippen LogP contribution in [-0.2, 0) is 4.79 Å². The molecule has 0 bridgehead atoms. The van der Waals surface area contributed by atoms with E-state index >= 15 is 0 Å². The number of benzene rings is 2. The Labute approximate surface area is 167 Å². The van der Waals surface area contributed by atoms with Crippen LogP contribution in [0.2, 0.25) is 0 Å². The van der Waals surface area contributed by atoms with Gasteiger partial charge in [0, 0.05) is 32.1 Å². The molecule has 2 aromatic rings. The van der Waals surface area contributed by atoms with Crippen LogP contribution in [0.5, 0.6) is 11.5 Å². The molecule has 7 heteroatoms. The van der Waals surface area contributed by atoms with Crippen LogP contribution in [0.3, 0.4) is 0 Å². The fourth-order valence-corrected chi connectivity index (χ4v) is 4.15. The highest BCUT2D eigenvalue weighted by Gasteiger charge is 2.46. The molecular formula is C22H21FN2O4. The molecule has 2 heterocycles. The Morgan fingerprint density at radius 1 is 0.931 bits per heavy atom. The lowest BCUT2D eigenvalue weighted by molar-refractivity contribution is -0.134. The van der Waals surface area contributed by atoms with Crippen molar-refractivity contribution in [1.82, 2.24) is 9.80 Å². The van der Waals surface area contributed by atoms with Crippen molar-refractivity contribution in [3.8, 4) is 11.5 Å². The molecule has 29 heavy (non-hydrogen) atoms. The van der Waals surface area contributed by atoms with E-state index in [2.05, 4.69) is 0 Å². The minimum atomic E-state index is -0.513. The third-order valence-electron chi connectivity index (χ3n) is 5.92. The summed E-state index contributed by atoms with van der Waals surface area (Å²) in [6.45, 7) is 2.02. The SMILES string of the molecule is O=C(c1ccccc1F)N1CCN(C(=O)C2CC2c2ccc3c(c2)OCO3)CC1. The summed E-state index contributed by atoms with van der Waals surface area (Å²) in [7, 11) is 0.